The third-order valence-corrected chi connectivity index (χ3v) is 8.54. The van der Waals surface area contributed by atoms with Crippen LogP contribution in [0.5, 0.6) is 0 Å². The molecule has 1 fully saturated rings. The number of anilines is 1. The molecule has 1 aromatic heterocycles. The van der Waals surface area contributed by atoms with Crippen molar-refractivity contribution in [3.8, 4) is 22.4 Å². The number of benzene rings is 3. The number of Topliss-reactive ketones (excluding diaryl/α,β-unsaturated/α-hetero) is 1. The Labute approximate surface area is 243 Å². The fourth-order valence-corrected chi connectivity index (χ4v) is 6.15. The van der Waals surface area contributed by atoms with Crippen LogP contribution >= 0.6 is 31.9 Å². The number of H-pyrrole nitrogens is 1. The molecule has 7 nitrogen and oxygen atoms in total. The number of carbonyl (C=O) groups is 2. The molecule has 1 saturated heterocycles. The maximum Gasteiger partial charge on any atom is 0.326 e. The molecule has 1 aliphatic rings. The number of rotatable bonds is 7. The molecule has 3 N–H and O–H groups in total. The Morgan fingerprint density at radius 2 is 1.46 bits per heavy atom. The quantitative estimate of drug-likeness (QED) is 0.177. The first kappa shape index (κ1) is 27.1. The van der Waals surface area contributed by atoms with E-state index >= 15 is 0 Å². The van der Waals surface area contributed by atoms with E-state index in [0.717, 1.165) is 22.4 Å². The van der Waals surface area contributed by atoms with Gasteiger partial charge in [-0.3, -0.25) is 14.2 Å². The van der Waals surface area contributed by atoms with Crippen LogP contribution in [0.2, 0.25) is 0 Å². The molecule has 39 heavy (non-hydrogen) atoms. The summed E-state index contributed by atoms with van der Waals surface area (Å²) in [5.74, 6) is -0.154. The first-order valence-corrected chi connectivity index (χ1v) is 14.4. The molecule has 0 unspecified atom stereocenters. The molecule has 4 aromatic rings. The average Bonchev–Trinajstić information content (AvgIpc) is 3.36. The van der Waals surface area contributed by atoms with Crippen molar-refractivity contribution < 1.29 is 9.59 Å². The van der Waals surface area contributed by atoms with E-state index in [4.69, 9.17) is 5.73 Å². The van der Waals surface area contributed by atoms with Crippen molar-refractivity contribution in [1.82, 2.24) is 14.5 Å². The van der Waals surface area contributed by atoms with Gasteiger partial charge in [0.2, 0.25) is 5.91 Å². The van der Waals surface area contributed by atoms with Crippen LogP contribution in [0.15, 0.2) is 86.7 Å². The minimum atomic E-state index is -0.145. The predicted molar refractivity (Wildman–Crippen MR) is 161 cm³/mol. The van der Waals surface area contributed by atoms with E-state index in [9.17, 15) is 14.4 Å². The van der Waals surface area contributed by atoms with Crippen LogP contribution in [0.4, 0.5) is 5.69 Å². The van der Waals surface area contributed by atoms with Crippen LogP contribution in [-0.4, -0.2) is 39.2 Å². The van der Waals surface area contributed by atoms with Crippen LogP contribution in [0.25, 0.3) is 22.4 Å². The van der Waals surface area contributed by atoms with E-state index in [0.29, 0.717) is 46.1 Å². The molecule has 3 aromatic carbocycles. The molecule has 0 saturated carbocycles. The van der Waals surface area contributed by atoms with Crippen molar-refractivity contribution in [1.29, 1.82) is 0 Å². The number of nitrogen functional groups attached to an aromatic ring is 1. The largest absolute Gasteiger partial charge is 0.397 e. The molecule has 0 radical (unpaired) electrons. The number of imidazole rings is 1. The zero-order valence-corrected chi connectivity index (χ0v) is 24.4. The van der Waals surface area contributed by atoms with Crippen molar-refractivity contribution in [3.63, 3.8) is 0 Å². The molecule has 0 aliphatic carbocycles. The summed E-state index contributed by atoms with van der Waals surface area (Å²) in [6.45, 7) is 1.10. The van der Waals surface area contributed by atoms with Gasteiger partial charge in [-0.25, -0.2) is 4.79 Å². The summed E-state index contributed by atoms with van der Waals surface area (Å²) in [6, 6.07) is 21.7. The Kier molecular flexibility index (Phi) is 8.18. The number of ketones is 1. The third kappa shape index (κ3) is 6.09. The van der Waals surface area contributed by atoms with E-state index in [2.05, 4.69) is 61.1 Å². The van der Waals surface area contributed by atoms with Crippen LogP contribution in [-0.2, 0) is 4.79 Å². The molecule has 9 heteroatoms. The lowest BCUT2D eigenvalue weighted by Gasteiger charge is -2.32. The monoisotopic (exact) mass is 650 g/mol. The number of hydrogen-bond acceptors (Lipinski definition) is 4. The second kappa shape index (κ2) is 11.8. The standard InChI is InChI=1S/C30H28Br2N4O3/c31-24-16-22(17-25(32)29(24)33)27(37)10-11-28(38)35-14-12-23(13-15-35)36-18-26(34-30(36)39)21-8-6-20(7-9-21)19-4-2-1-3-5-19/h1-9,16-18,23H,10-15,33H2,(H,34,39). The number of carbonyl (C=O) groups excluding carboxylic acids is 2. The molecule has 0 bridgehead atoms. The van der Waals surface area contributed by atoms with Crippen LogP contribution in [0, 0.1) is 0 Å². The zero-order valence-electron chi connectivity index (χ0n) is 21.2. The predicted octanol–water partition coefficient (Wildman–Crippen LogP) is 6.44. The van der Waals surface area contributed by atoms with Gasteiger partial charge in [0.1, 0.15) is 0 Å². The highest BCUT2D eigenvalue weighted by molar-refractivity contribution is 9.11. The third-order valence-electron chi connectivity index (χ3n) is 7.22. The lowest BCUT2D eigenvalue weighted by molar-refractivity contribution is -0.132. The fraction of sp³-hybridized carbons (Fsp3) is 0.233. The van der Waals surface area contributed by atoms with Gasteiger partial charge < -0.3 is 15.6 Å². The second-order valence-electron chi connectivity index (χ2n) is 9.71. The molecule has 1 aliphatic heterocycles. The second-order valence-corrected chi connectivity index (χ2v) is 11.4. The van der Waals surface area contributed by atoms with Gasteiger partial charge in [-0.15, -0.1) is 0 Å². The minimum Gasteiger partial charge on any atom is -0.397 e. The number of halogens is 2. The number of nitrogens with one attached hydrogen (secondary N) is 1. The van der Waals surface area contributed by atoms with Crippen LogP contribution in [0.3, 0.4) is 0 Å². The summed E-state index contributed by atoms with van der Waals surface area (Å²) in [6.07, 6.45) is 3.52. The summed E-state index contributed by atoms with van der Waals surface area (Å²) < 4.78 is 3.03. The van der Waals surface area contributed by atoms with Gasteiger partial charge in [0.15, 0.2) is 5.78 Å². The number of nitrogens with two attached hydrogens (primary N) is 1. The highest BCUT2D eigenvalue weighted by atomic mass is 79.9. The van der Waals surface area contributed by atoms with Gasteiger partial charge >= 0.3 is 5.69 Å². The highest BCUT2D eigenvalue weighted by Crippen LogP contribution is 2.30. The Bertz CT molecular complexity index is 1530. The summed E-state index contributed by atoms with van der Waals surface area (Å²) >= 11 is 6.71. The maximum atomic E-state index is 12.8. The molecule has 0 atom stereocenters. The average molecular weight is 652 g/mol. The number of nitrogens with zero attached hydrogens (tertiary/aromatic N) is 2. The van der Waals surface area contributed by atoms with Crippen molar-refractivity contribution in [3.05, 3.63) is 97.9 Å². The number of hydrogen-bond donors (Lipinski definition) is 2. The van der Waals surface area contributed by atoms with E-state index in [-0.39, 0.29) is 36.3 Å². The normalized spacial score (nSPS) is 13.9. The lowest BCUT2D eigenvalue weighted by Crippen LogP contribution is -2.40. The van der Waals surface area contributed by atoms with Gasteiger partial charge in [-0.05, 0) is 73.5 Å². The van der Waals surface area contributed by atoms with Crippen molar-refractivity contribution in [2.45, 2.75) is 31.7 Å². The van der Waals surface area contributed by atoms with E-state index in [1.54, 1.807) is 21.6 Å². The highest BCUT2D eigenvalue weighted by Gasteiger charge is 2.25. The van der Waals surface area contributed by atoms with Gasteiger partial charge in [0, 0.05) is 52.7 Å². The van der Waals surface area contributed by atoms with Crippen molar-refractivity contribution in [2.75, 3.05) is 18.8 Å². The SMILES string of the molecule is Nc1c(Br)cc(C(=O)CCC(=O)N2CCC(n3cc(-c4ccc(-c5ccccc5)cc4)[nH]c3=O)CC2)cc1Br. The molecular formula is C30H28Br2N4O3. The number of amides is 1. The van der Waals surface area contributed by atoms with Gasteiger partial charge in [-0.2, -0.15) is 0 Å². The zero-order chi connectivity index (χ0) is 27.5. The summed E-state index contributed by atoms with van der Waals surface area (Å²) in [4.78, 5) is 43.0. The Hall–Kier alpha value is -3.43. The minimum absolute atomic E-state index is 0.0150. The Morgan fingerprint density at radius 1 is 0.872 bits per heavy atom. The molecule has 200 valence electrons. The summed E-state index contributed by atoms with van der Waals surface area (Å²) in [7, 11) is 0. The molecule has 5 rings (SSSR count). The number of piperidine rings is 1. The van der Waals surface area contributed by atoms with Crippen LogP contribution in [0.1, 0.15) is 42.1 Å². The van der Waals surface area contributed by atoms with Gasteiger partial charge in [-0.1, -0.05) is 54.6 Å². The molecule has 1 amide bonds. The Morgan fingerprint density at radius 3 is 2.10 bits per heavy atom. The van der Waals surface area contributed by atoms with Gasteiger partial charge in [0.25, 0.3) is 0 Å². The summed E-state index contributed by atoms with van der Waals surface area (Å²) in [5.41, 5.74) is 10.8. The van der Waals surface area contributed by atoms with Crippen molar-refractivity contribution in [2.24, 2.45) is 0 Å². The van der Waals surface area contributed by atoms with Crippen LogP contribution < -0.4 is 11.4 Å². The topological polar surface area (TPSA) is 101 Å². The number of aromatic amines is 1. The maximum absolute atomic E-state index is 12.8. The first-order chi connectivity index (χ1) is 18.8. The molecule has 0 spiro atoms. The number of likely N-dealkylation sites (tertiary alicyclic amines) is 1. The summed E-state index contributed by atoms with van der Waals surface area (Å²) in [5, 5.41) is 0. The molecular weight excluding hydrogens is 624 g/mol. The van der Waals surface area contributed by atoms with Gasteiger partial charge in [0.05, 0.1) is 11.4 Å². The Balaban J connectivity index is 1.17. The fourth-order valence-electron chi connectivity index (χ4n) is 4.96. The van der Waals surface area contributed by atoms with E-state index in [1.807, 2.05) is 36.5 Å². The lowest BCUT2D eigenvalue weighted by atomic mass is 10.0. The smallest absolute Gasteiger partial charge is 0.326 e. The first-order valence-electron chi connectivity index (χ1n) is 12.8. The van der Waals surface area contributed by atoms with E-state index < -0.39 is 0 Å². The number of aromatic nitrogens is 2. The van der Waals surface area contributed by atoms with Crippen molar-refractivity contribution >= 4 is 49.2 Å². The van der Waals surface area contributed by atoms with E-state index in [1.165, 1.54) is 0 Å². The molecule has 2 heterocycles.